The summed E-state index contributed by atoms with van der Waals surface area (Å²) in [5, 5.41) is 0. The van der Waals surface area contributed by atoms with Crippen molar-refractivity contribution in [2.75, 3.05) is 19.6 Å². The molecule has 2 N–H and O–H groups in total. The molecule has 0 aromatic heterocycles. The molecule has 1 amide bonds. The number of hydrogen-bond donors (Lipinski definition) is 1. The van der Waals surface area contributed by atoms with Crippen LogP contribution < -0.4 is 5.73 Å². The fraction of sp³-hybridized carbons (Fsp3) is 0.917. The number of nitrogens with two attached hydrogens (primary N) is 1. The zero-order valence-corrected chi connectivity index (χ0v) is 10.2. The average molecular weight is 226 g/mol. The highest BCUT2D eigenvalue weighted by Crippen LogP contribution is 2.31. The lowest BCUT2D eigenvalue weighted by molar-refractivity contribution is -0.142. The van der Waals surface area contributed by atoms with Crippen LogP contribution in [0.4, 0.5) is 0 Å². The van der Waals surface area contributed by atoms with Crippen molar-refractivity contribution >= 4 is 5.91 Å². The zero-order valence-electron chi connectivity index (χ0n) is 10.2. The van der Waals surface area contributed by atoms with E-state index < -0.39 is 0 Å². The Hall–Kier alpha value is -0.610. The van der Waals surface area contributed by atoms with E-state index in [2.05, 4.69) is 13.8 Å². The highest BCUT2D eigenvalue weighted by molar-refractivity contribution is 5.81. The van der Waals surface area contributed by atoms with Gasteiger partial charge < -0.3 is 15.4 Å². The van der Waals surface area contributed by atoms with Crippen LogP contribution in [-0.2, 0) is 9.53 Å². The summed E-state index contributed by atoms with van der Waals surface area (Å²) in [4.78, 5) is 14.1. The number of likely N-dealkylation sites (tertiary alicyclic amines) is 1. The number of rotatable bonds is 2. The molecule has 2 heterocycles. The summed E-state index contributed by atoms with van der Waals surface area (Å²) < 4.78 is 5.64. The molecule has 0 bridgehead atoms. The number of carbonyl (C=O) groups excluding carboxylic acids is 1. The molecule has 2 fully saturated rings. The summed E-state index contributed by atoms with van der Waals surface area (Å²) in [6.45, 7) is 6.67. The lowest BCUT2D eigenvalue weighted by Crippen LogP contribution is -2.39. The van der Waals surface area contributed by atoms with Gasteiger partial charge in [-0.3, -0.25) is 4.79 Å². The fourth-order valence-electron chi connectivity index (χ4n) is 2.56. The van der Waals surface area contributed by atoms with Crippen molar-refractivity contribution in [1.29, 1.82) is 0 Å². The summed E-state index contributed by atoms with van der Waals surface area (Å²) in [5.74, 6) is 0.168. The molecule has 4 nitrogen and oxygen atoms in total. The quantitative estimate of drug-likeness (QED) is 0.756. The van der Waals surface area contributed by atoms with Crippen LogP contribution in [0.2, 0.25) is 0 Å². The van der Waals surface area contributed by atoms with Gasteiger partial charge in [-0.05, 0) is 24.7 Å². The second-order valence-electron chi connectivity index (χ2n) is 5.73. The molecule has 0 aromatic carbocycles. The van der Waals surface area contributed by atoms with E-state index in [0.29, 0.717) is 6.54 Å². The molecule has 16 heavy (non-hydrogen) atoms. The van der Waals surface area contributed by atoms with Crippen LogP contribution in [0, 0.1) is 5.41 Å². The summed E-state index contributed by atoms with van der Waals surface area (Å²) in [6, 6.07) is 0. The Morgan fingerprint density at radius 1 is 1.50 bits per heavy atom. The third-order valence-corrected chi connectivity index (χ3v) is 3.63. The van der Waals surface area contributed by atoms with Gasteiger partial charge in [-0.2, -0.15) is 0 Å². The van der Waals surface area contributed by atoms with Crippen LogP contribution in [0.3, 0.4) is 0 Å². The van der Waals surface area contributed by atoms with Crippen molar-refractivity contribution in [3.63, 3.8) is 0 Å². The Kier molecular flexibility index (Phi) is 3.22. The summed E-state index contributed by atoms with van der Waals surface area (Å²) in [5.41, 5.74) is 5.81. The predicted molar refractivity (Wildman–Crippen MR) is 61.9 cm³/mol. The molecule has 2 rings (SSSR count). The molecular formula is C12H22N2O2. The molecule has 0 unspecified atom stereocenters. The van der Waals surface area contributed by atoms with E-state index in [4.69, 9.17) is 10.5 Å². The third kappa shape index (κ3) is 2.38. The SMILES string of the molecule is CC1(C)CCN(C(=O)[C@@H]2CC[C@H](CN)O2)C1. The van der Waals surface area contributed by atoms with Gasteiger partial charge in [0.1, 0.15) is 6.10 Å². The molecule has 2 aliphatic rings. The minimum Gasteiger partial charge on any atom is -0.364 e. The Bertz CT molecular complexity index is 278. The third-order valence-electron chi connectivity index (χ3n) is 3.63. The molecule has 4 heteroatoms. The van der Waals surface area contributed by atoms with Crippen LogP contribution in [0.15, 0.2) is 0 Å². The van der Waals surface area contributed by atoms with Crippen LogP contribution in [0.5, 0.6) is 0 Å². The number of carbonyl (C=O) groups is 1. The summed E-state index contributed by atoms with van der Waals surface area (Å²) in [6.07, 6.45) is 2.69. The van der Waals surface area contributed by atoms with E-state index in [1.54, 1.807) is 0 Å². The first-order chi connectivity index (χ1) is 7.52. The van der Waals surface area contributed by atoms with Crippen LogP contribution in [0.1, 0.15) is 33.1 Å². The Morgan fingerprint density at radius 2 is 2.25 bits per heavy atom. The number of nitrogens with zero attached hydrogens (tertiary/aromatic N) is 1. The van der Waals surface area contributed by atoms with Gasteiger partial charge in [0, 0.05) is 19.6 Å². The molecule has 0 aliphatic carbocycles. The molecule has 0 saturated carbocycles. The monoisotopic (exact) mass is 226 g/mol. The minimum absolute atomic E-state index is 0.0876. The molecular weight excluding hydrogens is 204 g/mol. The Morgan fingerprint density at radius 3 is 2.75 bits per heavy atom. The van der Waals surface area contributed by atoms with Crippen LogP contribution in [-0.4, -0.2) is 42.6 Å². The molecule has 2 saturated heterocycles. The zero-order chi connectivity index (χ0) is 11.8. The van der Waals surface area contributed by atoms with Gasteiger partial charge in [-0.1, -0.05) is 13.8 Å². The van der Waals surface area contributed by atoms with Gasteiger partial charge in [0.2, 0.25) is 0 Å². The normalized spacial score (nSPS) is 33.3. The highest BCUT2D eigenvalue weighted by atomic mass is 16.5. The predicted octanol–water partition coefficient (Wildman–Crippen LogP) is 0.751. The number of amides is 1. The van der Waals surface area contributed by atoms with Gasteiger partial charge >= 0.3 is 0 Å². The summed E-state index contributed by atoms with van der Waals surface area (Å²) in [7, 11) is 0. The van der Waals surface area contributed by atoms with Gasteiger partial charge in [0.25, 0.3) is 5.91 Å². The number of ether oxygens (including phenoxy) is 1. The molecule has 0 aromatic rings. The van der Waals surface area contributed by atoms with Gasteiger partial charge in [-0.15, -0.1) is 0 Å². The maximum atomic E-state index is 12.2. The van der Waals surface area contributed by atoms with E-state index in [9.17, 15) is 4.79 Å². The first kappa shape index (κ1) is 11.9. The molecule has 92 valence electrons. The smallest absolute Gasteiger partial charge is 0.251 e. The first-order valence-electron chi connectivity index (χ1n) is 6.16. The average Bonchev–Trinajstić information content (AvgIpc) is 2.83. The van der Waals surface area contributed by atoms with Crippen molar-refractivity contribution in [3.05, 3.63) is 0 Å². The minimum atomic E-state index is -0.234. The van der Waals surface area contributed by atoms with Crippen molar-refractivity contribution in [3.8, 4) is 0 Å². The maximum Gasteiger partial charge on any atom is 0.251 e. The second kappa shape index (κ2) is 4.34. The van der Waals surface area contributed by atoms with E-state index in [1.807, 2.05) is 4.90 Å². The van der Waals surface area contributed by atoms with E-state index >= 15 is 0 Å². The number of hydrogen-bond acceptors (Lipinski definition) is 3. The van der Waals surface area contributed by atoms with E-state index in [-0.39, 0.29) is 23.5 Å². The van der Waals surface area contributed by atoms with Crippen molar-refractivity contribution < 1.29 is 9.53 Å². The highest BCUT2D eigenvalue weighted by Gasteiger charge is 2.38. The lowest BCUT2D eigenvalue weighted by Gasteiger charge is -2.22. The maximum absolute atomic E-state index is 12.2. The van der Waals surface area contributed by atoms with E-state index in [1.165, 1.54) is 0 Å². The molecule has 2 atom stereocenters. The standard InChI is InChI=1S/C12H22N2O2/c1-12(2)5-6-14(8-12)11(15)10-4-3-9(7-13)16-10/h9-10H,3-8,13H2,1-2H3/t9-,10+/m1/s1. The van der Waals surface area contributed by atoms with Gasteiger partial charge in [0.05, 0.1) is 6.10 Å². The Labute approximate surface area is 97.1 Å². The van der Waals surface area contributed by atoms with Crippen molar-refractivity contribution in [2.45, 2.75) is 45.3 Å². The molecule has 2 aliphatic heterocycles. The summed E-state index contributed by atoms with van der Waals surface area (Å²) >= 11 is 0. The van der Waals surface area contributed by atoms with Gasteiger partial charge in [-0.25, -0.2) is 0 Å². The topological polar surface area (TPSA) is 55.6 Å². The second-order valence-corrected chi connectivity index (χ2v) is 5.73. The lowest BCUT2D eigenvalue weighted by atomic mass is 9.93. The molecule has 0 spiro atoms. The van der Waals surface area contributed by atoms with Crippen molar-refractivity contribution in [1.82, 2.24) is 4.90 Å². The van der Waals surface area contributed by atoms with Gasteiger partial charge in [0.15, 0.2) is 0 Å². The van der Waals surface area contributed by atoms with Crippen LogP contribution >= 0.6 is 0 Å². The fourth-order valence-corrected chi connectivity index (χ4v) is 2.56. The van der Waals surface area contributed by atoms with Crippen molar-refractivity contribution in [2.24, 2.45) is 11.1 Å². The van der Waals surface area contributed by atoms with Crippen LogP contribution in [0.25, 0.3) is 0 Å². The largest absolute Gasteiger partial charge is 0.364 e. The molecule has 0 radical (unpaired) electrons. The Balaban J connectivity index is 1.89. The first-order valence-corrected chi connectivity index (χ1v) is 6.16. The van der Waals surface area contributed by atoms with E-state index in [0.717, 1.165) is 32.4 Å².